The Morgan fingerprint density at radius 2 is 1.07 bits per heavy atom. The van der Waals surface area contributed by atoms with Crippen LogP contribution in [-0.4, -0.2) is 76.4 Å². The SMILES string of the molecule is COCCCOC(=O)N([C@H]1O[C@H](COCc2ccccc2)[C@@H](OCc2ccccc2)[C@H](OCc2ccccc2)[C@@H]1OCc1ccccc1)S(=O)(=O)c1ccc(C)cc1. The Balaban J connectivity index is 1.45. The number of nitrogens with zero attached hydrogens (tertiary/aromatic N) is 1. The second kappa shape index (κ2) is 21.7. The summed E-state index contributed by atoms with van der Waals surface area (Å²) >= 11 is 0. The van der Waals surface area contributed by atoms with E-state index in [0.717, 1.165) is 27.8 Å². The van der Waals surface area contributed by atoms with Crippen molar-refractivity contribution in [3.63, 3.8) is 0 Å². The van der Waals surface area contributed by atoms with Gasteiger partial charge in [-0.15, -0.1) is 0 Å². The van der Waals surface area contributed by atoms with Gasteiger partial charge in [-0.25, -0.2) is 13.2 Å². The summed E-state index contributed by atoms with van der Waals surface area (Å²) in [4.78, 5) is 14.2. The van der Waals surface area contributed by atoms with Crippen molar-refractivity contribution >= 4 is 16.1 Å². The third-order valence-corrected chi connectivity index (χ3v) is 11.3. The summed E-state index contributed by atoms with van der Waals surface area (Å²) in [7, 11) is -3.11. The predicted octanol–water partition coefficient (Wildman–Crippen LogP) is 7.86. The molecule has 12 heteroatoms. The number of amides is 1. The van der Waals surface area contributed by atoms with Crippen LogP contribution in [0, 0.1) is 6.92 Å². The molecule has 0 radical (unpaired) electrons. The van der Waals surface area contributed by atoms with Gasteiger partial charge >= 0.3 is 6.09 Å². The fraction of sp³-hybridized carbons (Fsp3) is 0.326. The molecule has 5 aromatic carbocycles. The molecule has 0 bridgehead atoms. The first-order valence-corrected chi connectivity index (χ1v) is 20.8. The maximum atomic E-state index is 14.8. The molecular formula is C46H51NO10S. The number of methoxy groups -OCH3 is 1. The normalized spacial score (nSPS) is 19.4. The number of hydrogen-bond donors (Lipinski definition) is 0. The molecule has 5 aromatic rings. The molecule has 0 spiro atoms. The summed E-state index contributed by atoms with van der Waals surface area (Å²) in [5.41, 5.74) is 4.36. The lowest BCUT2D eigenvalue weighted by Crippen LogP contribution is -2.66. The quantitative estimate of drug-likeness (QED) is 0.0720. The summed E-state index contributed by atoms with van der Waals surface area (Å²) in [5.74, 6) is 0. The van der Waals surface area contributed by atoms with E-state index in [2.05, 4.69) is 0 Å². The van der Waals surface area contributed by atoms with Crippen molar-refractivity contribution in [2.45, 2.75) is 75.3 Å². The molecule has 1 fully saturated rings. The van der Waals surface area contributed by atoms with Crippen molar-refractivity contribution < 1.29 is 46.4 Å². The highest BCUT2D eigenvalue weighted by molar-refractivity contribution is 7.89. The molecule has 0 saturated carbocycles. The number of benzene rings is 5. The van der Waals surface area contributed by atoms with Crippen molar-refractivity contribution in [1.29, 1.82) is 0 Å². The van der Waals surface area contributed by atoms with Gasteiger partial charge in [-0.2, -0.15) is 4.31 Å². The second-order valence-corrected chi connectivity index (χ2v) is 15.7. The maximum Gasteiger partial charge on any atom is 0.426 e. The first-order valence-electron chi connectivity index (χ1n) is 19.3. The van der Waals surface area contributed by atoms with Gasteiger partial charge < -0.3 is 33.2 Å². The van der Waals surface area contributed by atoms with Crippen LogP contribution < -0.4 is 0 Å². The highest BCUT2D eigenvalue weighted by Crippen LogP contribution is 2.35. The van der Waals surface area contributed by atoms with Gasteiger partial charge in [0.25, 0.3) is 10.0 Å². The van der Waals surface area contributed by atoms with Crippen LogP contribution >= 0.6 is 0 Å². The van der Waals surface area contributed by atoms with Crippen LogP contribution in [0.1, 0.15) is 34.2 Å². The third kappa shape index (κ3) is 11.8. The largest absolute Gasteiger partial charge is 0.449 e. The lowest BCUT2D eigenvalue weighted by Gasteiger charge is -2.48. The minimum absolute atomic E-state index is 0.0389. The monoisotopic (exact) mass is 809 g/mol. The van der Waals surface area contributed by atoms with Crippen molar-refractivity contribution in [3.8, 4) is 0 Å². The van der Waals surface area contributed by atoms with E-state index < -0.39 is 46.8 Å². The van der Waals surface area contributed by atoms with Gasteiger partial charge in [0.1, 0.15) is 24.4 Å². The van der Waals surface area contributed by atoms with Crippen LogP contribution in [0.25, 0.3) is 0 Å². The zero-order chi connectivity index (χ0) is 40.6. The number of rotatable bonds is 20. The molecule has 0 unspecified atom stereocenters. The molecule has 0 N–H and O–H groups in total. The summed E-state index contributed by atoms with van der Waals surface area (Å²) in [6.45, 7) is 2.60. The maximum absolute atomic E-state index is 14.8. The van der Waals surface area contributed by atoms with Gasteiger partial charge in [0.2, 0.25) is 0 Å². The summed E-state index contributed by atoms with van der Waals surface area (Å²) in [5, 5.41) is 0. The van der Waals surface area contributed by atoms with Crippen LogP contribution in [0.3, 0.4) is 0 Å². The van der Waals surface area contributed by atoms with Crippen molar-refractivity contribution in [2.24, 2.45) is 0 Å². The molecule has 1 amide bonds. The number of ether oxygens (including phenoxy) is 7. The molecule has 1 saturated heterocycles. The minimum Gasteiger partial charge on any atom is -0.449 e. The highest BCUT2D eigenvalue weighted by Gasteiger charge is 2.54. The average Bonchev–Trinajstić information content (AvgIpc) is 3.25. The van der Waals surface area contributed by atoms with E-state index in [4.69, 9.17) is 33.2 Å². The van der Waals surface area contributed by atoms with E-state index in [1.165, 1.54) is 19.2 Å². The van der Waals surface area contributed by atoms with E-state index in [9.17, 15) is 13.2 Å². The van der Waals surface area contributed by atoms with Gasteiger partial charge in [0.15, 0.2) is 6.23 Å². The Bertz CT molecular complexity index is 2060. The van der Waals surface area contributed by atoms with Crippen LogP contribution in [-0.2, 0) is 69.6 Å². The van der Waals surface area contributed by atoms with E-state index in [0.29, 0.717) is 17.3 Å². The van der Waals surface area contributed by atoms with Crippen LogP contribution in [0.5, 0.6) is 0 Å². The Labute approximate surface area is 341 Å². The summed E-state index contributed by atoms with van der Waals surface area (Å²) < 4.78 is 74.5. The molecule has 306 valence electrons. The smallest absolute Gasteiger partial charge is 0.426 e. The average molecular weight is 810 g/mol. The molecule has 1 heterocycles. The lowest BCUT2D eigenvalue weighted by molar-refractivity contribution is -0.287. The minimum atomic E-state index is -4.64. The third-order valence-electron chi connectivity index (χ3n) is 9.57. The zero-order valence-electron chi connectivity index (χ0n) is 32.8. The molecule has 5 atom stereocenters. The lowest BCUT2D eigenvalue weighted by atomic mass is 9.97. The number of sulfonamides is 1. The molecule has 0 aliphatic carbocycles. The van der Waals surface area contributed by atoms with Crippen molar-refractivity contribution in [3.05, 3.63) is 173 Å². The second-order valence-electron chi connectivity index (χ2n) is 13.9. The molecule has 0 aromatic heterocycles. The van der Waals surface area contributed by atoms with E-state index in [1.807, 2.05) is 128 Å². The van der Waals surface area contributed by atoms with Crippen molar-refractivity contribution in [2.75, 3.05) is 26.9 Å². The van der Waals surface area contributed by atoms with E-state index in [-0.39, 0.29) is 44.5 Å². The Morgan fingerprint density at radius 3 is 1.57 bits per heavy atom. The zero-order valence-corrected chi connectivity index (χ0v) is 33.7. The van der Waals surface area contributed by atoms with Gasteiger partial charge in [-0.05, 0) is 41.3 Å². The molecule has 11 nitrogen and oxygen atoms in total. The summed E-state index contributed by atoms with van der Waals surface area (Å²) in [6.07, 6.45) is -6.41. The van der Waals surface area contributed by atoms with Gasteiger partial charge in [-0.3, -0.25) is 0 Å². The Hall–Kier alpha value is -4.92. The fourth-order valence-electron chi connectivity index (χ4n) is 6.54. The number of carbonyl (C=O) groups is 1. The first-order chi connectivity index (χ1) is 28.3. The van der Waals surface area contributed by atoms with Crippen LogP contribution in [0.2, 0.25) is 0 Å². The van der Waals surface area contributed by atoms with Gasteiger partial charge in [-0.1, -0.05) is 139 Å². The molecule has 58 heavy (non-hydrogen) atoms. The first kappa shape index (κ1) is 42.7. The van der Waals surface area contributed by atoms with Gasteiger partial charge in [0, 0.05) is 20.1 Å². The molecule has 1 aliphatic heterocycles. The van der Waals surface area contributed by atoms with E-state index >= 15 is 0 Å². The highest BCUT2D eigenvalue weighted by atomic mass is 32.2. The standard InChI is InChI=1S/C46H51NO10S/c1-35-24-26-40(27-25-35)58(49,50)47(46(48)53-29-15-28-51-2)45-44(56-33-39-22-13-6-14-23-39)43(55-32-38-20-11-5-12-21-38)42(54-31-37-18-9-4-10-19-37)41(57-45)34-52-30-36-16-7-3-8-17-36/h3-14,16-27,41-45H,15,28-34H2,1-2H3/t41-,42-,43+,44+,45+/m1/s1. The Morgan fingerprint density at radius 1 is 0.603 bits per heavy atom. The summed E-state index contributed by atoms with van der Waals surface area (Å²) in [6, 6.07) is 44.6. The Kier molecular flexibility index (Phi) is 16.0. The molecular weight excluding hydrogens is 759 g/mol. The predicted molar refractivity (Wildman–Crippen MR) is 218 cm³/mol. The van der Waals surface area contributed by atoms with Crippen LogP contribution in [0.15, 0.2) is 150 Å². The van der Waals surface area contributed by atoms with Crippen molar-refractivity contribution in [1.82, 2.24) is 4.31 Å². The van der Waals surface area contributed by atoms with E-state index in [1.54, 1.807) is 12.1 Å². The molecule has 1 aliphatic rings. The number of hydrogen-bond acceptors (Lipinski definition) is 10. The number of aryl methyl sites for hydroxylation is 1. The van der Waals surface area contributed by atoms with Gasteiger partial charge in [0.05, 0.1) is 44.5 Å². The fourth-order valence-corrected chi connectivity index (χ4v) is 7.94. The topological polar surface area (TPSA) is 119 Å². The van der Waals surface area contributed by atoms with Crippen LogP contribution in [0.4, 0.5) is 4.79 Å². The number of carbonyl (C=O) groups excluding carboxylic acids is 1. The molecule has 6 rings (SSSR count).